The van der Waals surface area contributed by atoms with Crippen LogP contribution in [0.4, 0.5) is 0 Å². The maximum Gasteiger partial charge on any atom is 0.216 e. The van der Waals surface area contributed by atoms with E-state index in [9.17, 15) is 0 Å². The zero-order valence-electron chi connectivity index (χ0n) is 90.4. The van der Waals surface area contributed by atoms with Crippen LogP contribution in [0, 0.1) is 89.9 Å². The number of hydrogen-bond acceptors (Lipinski definition) is 4. The Balaban J connectivity index is 0.000000113. The Bertz CT molecular complexity index is 8580. The van der Waals surface area contributed by atoms with Crippen LogP contribution in [0.1, 0.15) is 238 Å². The molecule has 0 spiro atoms. The van der Waals surface area contributed by atoms with Crippen LogP contribution in [0.15, 0.2) is 285 Å². The molecule has 0 bridgehead atoms. The molecule has 0 radical (unpaired) electrons. The summed E-state index contributed by atoms with van der Waals surface area (Å²) in [7, 11) is 8.49. The molecule has 0 unspecified atom stereocenters. The molecule has 0 atom stereocenters. The molecule has 0 aliphatic heterocycles. The highest BCUT2D eigenvalue weighted by molar-refractivity contribution is 6.16. The molecule has 0 saturated heterocycles. The summed E-state index contributed by atoms with van der Waals surface area (Å²) in [4.78, 5) is 0. The van der Waals surface area contributed by atoms with Gasteiger partial charge in [0, 0.05) is 111 Å². The van der Waals surface area contributed by atoms with Gasteiger partial charge in [0.1, 0.15) is 72.9 Å². The topological polar surface area (TPSA) is 68.1 Å². The van der Waals surface area contributed by atoms with Crippen molar-refractivity contribution in [2.75, 3.05) is 0 Å². The van der Waals surface area contributed by atoms with Gasteiger partial charge in [-0.15, -0.1) is 0 Å². The second-order valence-corrected chi connectivity index (χ2v) is 47.3. The molecule has 8 aromatic heterocycles. The lowest BCUT2D eigenvalue weighted by atomic mass is 9.62. The second kappa shape index (κ2) is 35.7. The molecule has 20 aromatic rings. The highest BCUT2D eigenvalue weighted by Gasteiger charge is 2.52. The van der Waals surface area contributed by atoms with Crippen LogP contribution in [-0.2, 0) is 49.9 Å². The number of benzene rings is 12. The molecule has 144 heavy (non-hydrogen) atoms. The van der Waals surface area contributed by atoms with Gasteiger partial charge in [-0.1, -0.05) is 256 Å². The quantitative estimate of drug-likeness (QED) is 0.102. The molecule has 4 aliphatic rings. The van der Waals surface area contributed by atoms with Crippen LogP contribution in [0.3, 0.4) is 0 Å². The minimum absolute atomic E-state index is 0.0174. The summed E-state index contributed by atoms with van der Waals surface area (Å²) in [6.07, 6.45) is 15.4. The molecule has 0 amide bonds. The second-order valence-electron chi connectivity index (χ2n) is 47.3. The van der Waals surface area contributed by atoms with Crippen LogP contribution >= 0.6 is 0 Å². The Kier molecular flexibility index (Phi) is 24.0. The SMILES string of the molecule is CCC1(CC)c2ccccc2-c2cc3c(cc21)oc1c(-c2ccc(C)c[n+]2C)c(C)ccc13.Cc1ccc(-c2c(C)ccc3c2oc2cc4c(cc23)-c2ccccc2C4(C(C)C)C(C)C)[n+](C)c1.Cc1ccc(-c2c(C)ccc3c2oc2cc4c(cc23)-c2ccccc2C4(CC(C)(C)C)CC(C)(C)C)[n+](C)c1.Cc1ccc(-c2c(C)ccc3c2oc2cc4c(cc23)-c2ccccc2C4(CC(C)C)CC(C)C)[n+](C)c1. The van der Waals surface area contributed by atoms with E-state index in [1.165, 1.54) is 222 Å². The van der Waals surface area contributed by atoms with Gasteiger partial charge in [0.05, 0.1) is 22.3 Å². The Hall–Kier alpha value is -13.6. The lowest BCUT2D eigenvalue weighted by molar-refractivity contribution is -0.660. The van der Waals surface area contributed by atoms with E-state index in [2.05, 4.69) is 480 Å². The van der Waals surface area contributed by atoms with Gasteiger partial charge in [-0.25, -0.2) is 18.3 Å². The molecule has 4 aliphatic carbocycles. The summed E-state index contributed by atoms with van der Waals surface area (Å²) in [5, 5.41) is 9.59. The van der Waals surface area contributed by atoms with E-state index in [1.807, 2.05) is 0 Å². The van der Waals surface area contributed by atoms with Crippen molar-refractivity contribution in [3.05, 3.63) is 356 Å². The van der Waals surface area contributed by atoms with Crippen LogP contribution in [0.2, 0.25) is 0 Å². The molecular formula is C136H144N4O4+4. The minimum atomic E-state index is -0.0578. The number of fused-ring (bicyclic) bond motifs is 24. The first-order valence-corrected chi connectivity index (χ1v) is 53.0. The summed E-state index contributed by atoms with van der Waals surface area (Å²) in [5.41, 5.74) is 50.2. The van der Waals surface area contributed by atoms with E-state index in [4.69, 9.17) is 17.7 Å². The number of rotatable bonds is 14. The first-order valence-electron chi connectivity index (χ1n) is 53.0. The third-order valence-electron chi connectivity index (χ3n) is 33.2. The van der Waals surface area contributed by atoms with Crippen molar-refractivity contribution in [3.8, 4) is 89.5 Å². The van der Waals surface area contributed by atoms with Gasteiger partial charge < -0.3 is 17.7 Å². The average Bonchev–Trinajstić information content (AvgIpc) is 1.54. The molecule has 8 heteroatoms. The van der Waals surface area contributed by atoms with E-state index in [1.54, 1.807) is 0 Å². The van der Waals surface area contributed by atoms with Gasteiger partial charge in [0.25, 0.3) is 0 Å². The highest BCUT2D eigenvalue weighted by Crippen LogP contribution is 2.63. The number of aromatic nitrogens is 4. The summed E-state index contributed by atoms with van der Waals surface area (Å²) in [5.74, 6) is 2.13. The standard InChI is InChI=1S/C37H42NO.C35H38NO.C33H34NO.C31H30NO/c1-23-14-17-31(38(9)20-23)33-24(2)15-16-26-28-18-27-25-12-10-11-13-29(25)37(21-35(3,4)5,22-36(6,7)8)30(27)19-32(28)39-34(26)33;1-21(2)18-35(19-22(3)4)29-11-9-8-10-25(29)27-16-28-26-14-13-24(6)33(31-15-12-23(5)20-36(31)7)34(26)37-32(28)17-30(27)35;1-19(2)33(20(3)4)27-11-9-8-10-23(27)25-16-26-24-14-13-22(6)31(29-15-12-21(5)18-34(29)7)32(24)35-30(26)17-28(25)33;1-6-31(7-2)25-11-9-8-10-21(25)23-16-24-22-14-13-20(4)29(27-15-12-19(3)18-32(27)5)30(22)33-28(24)17-26(23)31/h10-20H,21-22H2,1-9H3;8-17,20-22H,18-19H2,1-7H3;8-20H,1-7H3;8-18H,6-7H2,1-5H3/q4*+1. The van der Waals surface area contributed by atoms with Crippen LogP contribution in [-0.4, -0.2) is 0 Å². The fourth-order valence-corrected chi connectivity index (χ4v) is 27.8. The summed E-state index contributed by atoms with van der Waals surface area (Å²) < 4.78 is 36.0. The molecule has 0 saturated carbocycles. The summed E-state index contributed by atoms with van der Waals surface area (Å²) in [6, 6.07) is 90.9. The van der Waals surface area contributed by atoms with Crippen LogP contribution < -0.4 is 18.3 Å². The van der Waals surface area contributed by atoms with Crippen molar-refractivity contribution in [2.24, 2.45) is 62.7 Å². The first-order chi connectivity index (χ1) is 68.7. The molecule has 0 N–H and O–H groups in total. The minimum Gasteiger partial charge on any atom is -0.455 e. The fourth-order valence-electron chi connectivity index (χ4n) is 27.8. The molecule has 8 heterocycles. The van der Waals surface area contributed by atoms with E-state index < -0.39 is 0 Å². The zero-order valence-corrected chi connectivity index (χ0v) is 90.4. The van der Waals surface area contributed by atoms with Gasteiger partial charge in [0.2, 0.25) is 22.8 Å². The van der Waals surface area contributed by atoms with Crippen LogP contribution in [0.25, 0.3) is 177 Å². The van der Waals surface area contributed by atoms with Crippen molar-refractivity contribution in [3.63, 3.8) is 0 Å². The lowest BCUT2D eigenvalue weighted by Crippen LogP contribution is -2.37. The van der Waals surface area contributed by atoms with Gasteiger partial charge in [-0.05, 0) is 312 Å². The van der Waals surface area contributed by atoms with E-state index in [0.29, 0.717) is 23.7 Å². The van der Waals surface area contributed by atoms with Crippen molar-refractivity contribution in [1.82, 2.24) is 0 Å². The average molecular weight is 1900 g/mol. The van der Waals surface area contributed by atoms with Crippen molar-refractivity contribution in [2.45, 2.75) is 226 Å². The van der Waals surface area contributed by atoms with Crippen molar-refractivity contribution in [1.29, 1.82) is 0 Å². The predicted octanol–water partition coefficient (Wildman–Crippen LogP) is 34.9. The number of hydrogen-bond donors (Lipinski definition) is 0. The Morgan fingerprint density at radius 3 is 0.785 bits per heavy atom. The maximum atomic E-state index is 6.87. The largest absolute Gasteiger partial charge is 0.455 e. The monoisotopic (exact) mass is 1900 g/mol. The van der Waals surface area contributed by atoms with Gasteiger partial charge in [-0.3, -0.25) is 0 Å². The van der Waals surface area contributed by atoms with Crippen molar-refractivity contribution < 1.29 is 35.9 Å². The Labute approximate surface area is 852 Å². The van der Waals surface area contributed by atoms with E-state index in [0.717, 1.165) is 83.2 Å². The number of aryl methyl sites for hydroxylation is 12. The number of nitrogens with zero attached hydrogens (tertiary/aromatic N) is 4. The zero-order chi connectivity index (χ0) is 102. The van der Waals surface area contributed by atoms with Gasteiger partial charge >= 0.3 is 0 Å². The normalized spacial score (nSPS) is 14.3. The summed E-state index contributed by atoms with van der Waals surface area (Å²) >= 11 is 0. The molecule has 24 rings (SSSR count). The van der Waals surface area contributed by atoms with Crippen LogP contribution in [0.5, 0.6) is 0 Å². The Morgan fingerprint density at radius 1 is 0.257 bits per heavy atom. The van der Waals surface area contributed by atoms with Gasteiger partial charge in [-0.2, -0.15) is 0 Å². The maximum absolute atomic E-state index is 6.87. The molecule has 12 aromatic carbocycles. The fraction of sp³-hybridized carbons (Fsp3) is 0.324. The molecule has 8 nitrogen and oxygen atoms in total. The number of pyridine rings is 4. The van der Waals surface area contributed by atoms with E-state index in [-0.39, 0.29) is 32.5 Å². The Morgan fingerprint density at radius 2 is 0.507 bits per heavy atom. The third-order valence-corrected chi connectivity index (χ3v) is 33.2. The summed E-state index contributed by atoms with van der Waals surface area (Å²) in [6.45, 7) is 55.1. The molecular weight excluding hydrogens is 1750 g/mol. The molecule has 728 valence electrons. The first kappa shape index (κ1) is 96.6. The lowest BCUT2D eigenvalue weighted by Gasteiger charge is -2.42. The highest BCUT2D eigenvalue weighted by atomic mass is 16.3. The smallest absolute Gasteiger partial charge is 0.216 e. The predicted molar refractivity (Wildman–Crippen MR) is 601 cm³/mol. The number of furan rings is 4. The molecule has 0 fully saturated rings. The van der Waals surface area contributed by atoms with Gasteiger partial charge in [0.15, 0.2) is 24.8 Å². The van der Waals surface area contributed by atoms with Crippen molar-refractivity contribution >= 4 is 87.8 Å². The third kappa shape index (κ3) is 15.5. The van der Waals surface area contributed by atoms with E-state index >= 15 is 0 Å².